The van der Waals surface area contributed by atoms with Crippen molar-refractivity contribution in [3.63, 3.8) is 0 Å². The predicted molar refractivity (Wildman–Crippen MR) is 75.9 cm³/mol. The average Bonchev–Trinajstić information content (AvgIpc) is 2.78. The molecule has 1 aromatic heterocycles. The first-order chi connectivity index (χ1) is 9.01. The van der Waals surface area contributed by atoms with Crippen molar-refractivity contribution in [2.75, 3.05) is 20.7 Å². The van der Waals surface area contributed by atoms with Gasteiger partial charge in [-0.25, -0.2) is 13.1 Å². The molecule has 0 radical (unpaired) electrons. The highest BCUT2D eigenvalue weighted by molar-refractivity contribution is 7.91. The molecule has 2 rings (SSSR count). The van der Waals surface area contributed by atoms with E-state index in [1.165, 1.54) is 11.3 Å². The van der Waals surface area contributed by atoms with Crippen LogP contribution < -0.4 is 10.0 Å². The highest BCUT2D eigenvalue weighted by Gasteiger charge is 2.38. The maximum Gasteiger partial charge on any atom is 0.250 e. The van der Waals surface area contributed by atoms with Crippen LogP contribution >= 0.6 is 11.3 Å². The largest absolute Gasteiger partial charge is 0.377 e. The van der Waals surface area contributed by atoms with Gasteiger partial charge in [-0.1, -0.05) is 0 Å². The van der Waals surface area contributed by atoms with Crippen molar-refractivity contribution in [1.82, 2.24) is 10.0 Å². The molecule has 1 heterocycles. The van der Waals surface area contributed by atoms with E-state index in [0.29, 0.717) is 17.3 Å². The van der Waals surface area contributed by atoms with Gasteiger partial charge in [-0.3, -0.25) is 0 Å². The summed E-state index contributed by atoms with van der Waals surface area (Å²) in [6.07, 6.45) is 2.93. The van der Waals surface area contributed by atoms with Crippen molar-refractivity contribution in [1.29, 1.82) is 0 Å². The van der Waals surface area contributed by atoms with E-state index in [1.54, 1.807) is 13.2 Å². The van der Waals surface area contributed by atoms with Crippen LogP contribution in [0.15, 0.2) is 16.3 Å². The molecule has 0 atom stereocenters. The Hall–Kier alpha value is -0.470. The van der Waals surface area contributed by atoms with E-state index in [9.17, 15) is 8.42 Å². The molecule has 0 aliphatic heterocycles. The first kappa shape index (κ1) is 14.9. The lowest BCUT2D eigenvalue weighted by Gasteiger charge is -2.40. The number of methoxy groups -OCH3 is 1. The normalized spacial score (nSPS) is 18.2. The molecule has 0 saturated heterocycles. The molecule has 1 saturated carbocycles. The minimum atomic E-state index is -3.42. The lowest BCUT2D eigenvalue weighted by molar-refractivity contribution is -0.0659. The van der Waals surface area contributed by atoms with E-state index in [0.717, 1.165) is 24.1 Å². The van der Waals surface area contributed by atoms with Crippen LogP contribution in [-0.4, -0.2) is 34.7 Å². The molecule has 108 valence electrons. The number of hydrogen-bond acceptors (Lipinski definition) is 5. The fraction of sp³-hybridized carbons (Fsp3) is 0.667. The average molecular weight is 304 g/mol. The topological polar surface area (TPSA) is 67.4 Å². The molecule has 5 nitrogen and oxygen atoms in total. The van der Waals surface area contributed by atoms with Gasteiger partial charge in [-0.15, -0.1) is 11.3 Å². The summed E-state index contributed by atoms with van der Waals surface area (Å²) in [6.45, 7) is 1.04. The number of thiophene rings is 1. The van der Waals surface area contributed by atoms with E-state index >= 15 is 0 Å². The number of nitrogens with one attached hydrogen (secondary N) is 2. The van der Waals surface area contributed by atoms with Gasteiger partial charge in [-0.05, 0) is 38.4 Å². The van der Waals surface area contributed by atoms with Crippen LogP contribution in [0.2, 0.25) is 0 Å². The second-order valence-electron chi connectivity index (χ2n) is 4.82. The third kappa shape index (κ3) is 3.35. The van der Waals surface area contributed by atoms with Crippen molar-refractivity contribution in [2.24, 2.45) is 0 Å². The van der Waals surface area contributed by atoms with Gasteiger partial charge in [0.15, 0.2) is 0 Å². The van der Waals surface area contributed by atoms with Crippen LogP contribution in [0, 0.1) is 0 Å². The summed E-state index contributed by atoms with van der Waals surface area (Å²) in [5.41, 5.74) is -0.294. The Morgan fingerprint density at radius 3 is 2.68 bits per heavy atom. The third-order valence-electron chi connectivity index (χ3n) is 3.54. The van der Waals surface area contributed by atoms with Crippen molar-refractivity contribution < 1.29 is 13.2 Å². The maximum absolute atomic E-state index is 12.2. The quantitative estimate of drug-likeness (QED) is 0.797. The molecule has 0 aromatic carbocycles. The summed E-state index contributed by atoms with van der Waals surface area (Å²) in [5, 5.41) is 3.01. The number of rotatable bonds is 7. The van der Waals surface area contributed by atoms with E-state index in [2.05, 4.69) is 10.0 Å². The maximum atomic E-state index is 12.2. The Labute approximate surface area is 118 Å². The summed E-state index contributed by atoms with van der Waals surface area (Å²) in [4.78, 5) is 1.01. The number of hydrogen-bond donors (Lipinski definition) is 2. The van der Waals surface area contributed by atoms with Crippen LogP contribution in [-0.2, 0) is 21.3 Å². The molecule has 1 aromatic rings. The molecule has 1 aliphatic rings. The first-order valence-electron chi connectivity index (χ1n) is 6.29. The smallest absolute Gasteiger partial charge is 0.250 e. The van der Waals surface area contributed by atoms with E-state index < -0.39 is 10.0 Å². The van der Waals surface area contributed by atoms with Crippen molar-refractivity contribution in [2.45, 2.75) is 35.6 Å². The second kappa shape index (κ2) is 5.88. The summed E-state index contributed by atoms with van der Waals surface area (Å²) in [6, 6.07) is 3.49. The van der Waals surface area contributed by atoms with Gasteiger partial charge in [0.25, 0.3) is 0 Å². The minimum absolute atomic E-state index is 0.294. The number of ether oxygens (including phenoxy) is 1. The summed E-state index contributed by atoms with van der Waals surface area (Å²) >= 11 is 1.29. The van der Waals surface area contributed by atoms with Gasteiger partial charge in [0.2, 0.25) is 10.0 Å². The van der Waals surface area contributed by atoms with Crippen molar-refractivity contribution in [3.8, 4) is 0 Å². The molecule has 7 heteroatoms. The van der Waals surface area contributed by atoms with Crippen LogP contribution in [0.3, 0.4) is 0 Å². The van der Waals surface area contributed by atoms with Gasteiger partial charge in [-0.2, -0.15) is 0 Å². The lowest BCUT2D eigenvalue weighted by atomic mass is 9.80. The molecule has 1 aliphatic carbocycles. The standard InChI is InChI=1S/C12H20N2O3S2/c1-13-8-10-4-5-11(18-10)19(15,16)14-9-12(17-2)6-3-7-12/h4-5,13-14H,3,6-9H2,1-2H3. The van der Waals surface area contributed by atoms with Crippen LogP contribution in [0.1, 0.15) is 24.1 Å². The van der Waals surface area contributed by atoms with Crippen LogP contribution in [0.5, 0.6) is 0 Å². The molecule has 1 fully saturated rings. The lowest BCUT2D eigenvalue weighted by Crippen LogP contribution is -2.49. The molecular formula is C12H20N2O3S2. The second-order valence-corrected chi connectivity index (χ2v) is 7.98. The van der Waals surface area contributed by atoms with Gasteiger partial charge in [0.1, 0.15) is 4.21 Å². The highest BCUT2D eigenvalue weighted by atomic mass is 32.2. The SMILES string of the molecule is CNCc1ccc(S(=O)(=O)NCC2(OC)CCC2)s1. The van der Waals surface area contributed by atoms with E-state index in [-0.39, 0.29) is 5.60 Å². The third-order valence-corrected chi connectivity index (χ3v) is 6.51. The Kier molecular flexibility index (Phi) is 4.62. The zero-order valence-corrected chi connectivity index (χ0v) is 12.9. The zero-order chi connectivity index (χ0) is 13.9. The fourth-order valence-electron chi connectivity index (χ4n) is 2.09. The predicted octanol–water partition coefficient (Wildman–Crippen LogP) is 1.31. The van der Waals surface area contributed by atoms with Crippen molar-refractivity contribution in [3.05, 3.63) is 17.0 Å². The Balaban J connectivity index is 2.01. The fourth-order valence-corrected chi connectivity index (χ4v) is 4.62. The molecule has 0 bridgehead atoms. The van der Waals surface area contributed by atoms with Gasteiger partial charge < -0.3 is 10.1 Å². The van der Waals surface area contributed by atoms with Crippen LogP contribution in [0.4, 0.5) is 0 Å². The monoisotopic (exact) mass is 304 g/mol. The van der Waals surface area contributed by atoms with Crippen LogP contribution in [0.25, 0.3) is 0 Å². The summed E-state index contributed by atoms with van der Waals surface area (Å²) in [7, 11) is 0.0644. The van der Waals surface area contributed by atoms with Gasteiger partial charge in [0, 0.05) is 25.1 Å². The molecular weight excluding hydrogens is 284 g/mol. The highest BCUT2D eigenvalue weighted by Crippen LogP contribution is 2.34. The molecule has 0 unspecified atom stereocenters. The van der Waals surface area contributed by atoms with E-state index in [4.69, 9.17) is 4.74 Å². The Morgan fingerprint density at radius 1 is 1.42 bits per heavy atom. The first-order valence-corrected chi connectivity index (χ1v) is 8.59. The minimum Gasteiger partial charge on any atom is -0.377 e. The summed E-state index contributed by atoms with van der Waals surface area (Å²) < 4.78 is 32.8. The molecule has 0 spiro atoms. The Bertz CT molecular complexity index is 515. The summed E-state index contributed by atoms with van der Waals surface area (Å²) in [5.74, 6) is 0. The zero-order valence-electron chi connectivity index (χ0n) is 11.2. The molecule has 0 amide bonds. The van der Waals surface area contributed by atoms with Gasteiger partial charge in [0.05, 0.1) is 5.60 Å². The van der Waals surface area contributed by atoms with Gasteiger partial charge >= 0.3 is 0 Å². The number of sulfonamides is 1. The molecule has 2 N–H and O–H groups in total. The Morgan fingerprint density at radius 2 is 2.16 bits per heavy atom. The van der Waals surface area contributed by atoms with Crippen molar-refractivity contribution >= 4 is 21.4 Å². The van der Waals surface area contributed by atoms with E-state index in [1.807, 2.05) is 13.1 Å². The molecule has 19 heavy (non-hydrogen) atoms.